The Hall–Kier alpha value is -0.850. The van der Waals surface area contributed by atoms with Gasteiger partial charge in [0, 0.05) is 0 Å². The Morgan fingerprint density at radius 1 is 1.12 bits per heavy atom. The summed E-state index contributed by atoms with van der Waals surface area (Å²) in [7, 11) is 0. The quantitative estimate of drug-likeness (QED) is 0.655. The van der Waals surface area contributed by atoms with Crippen LogP contribution < -0.4 is 0 Å². The summed E-state index contributed by atoms with van der Waals surface area (Å²) in [5, 5.41) is 0. The average molecular weight is 234 g/mol. The maximum absolute atomic E-state index is 14.3. The van der Waals surface area contributed by atoms with E-state index in [1.54, 1.807) is 0 Å². The highest BCUT2D eigenvalue weighted by Gasteiger charge is 2.41. The molecule has 2 rings (SSSR count). The molecule has 0 atom stereocenters. The van der Waals surface area contributed by atoms with Crippen LogP contribution in [0.4, 0.5) is 4.39 Å². The van der Waals surface area contributed by atoms with E-state index in [-0.39, 0.29) is 16.6 Å². The Balaban J connectivity index is 2.67. The maximum Gasteiger partial charge on any atom is 0.129 e. The lowest BCUT2D eigenvalue weighted by molar-refractivity contribution is 0.552. The summed E-state index contributed by atoms with van der Waals surface area (Å²) in [4.78, 5) is 0. The van der Waals surface area contributed by atoms with Gasteiger partial charge < -0.3 is 0 Å². The molecular formula is C16H23F. The van der Waals surface area contributed by atoms with Crippen LogP contribution in [0.15, 0.2) is 6.07 Å². The molecule has 0 amide bonds. The molecule has 1 aromatic rings. The zero-order valence-electron chi connectivity index (χ0n) is 11.9. The van der Waals surface area contributed by atoms with Crippen molar-refractivity contribution in [2.45, 2.75) is 65.2 Å². The van der Waals surface area contributed by atoms with Crippen LogP contribution in [0, 0.1) is 19.7 Å². The van der Waals surface area contributed by atoms with Crippen molar-refractivity contribution in [3.63, 3.8) is 0 Å². The Morgan fingerprint density at radius 2 is 1.65 bits per heavy atom. The Bertz CT molecular complexity index is 430. The van der Waals surface area contributed by atoms with Gasteiger partial charge in [-0.2, -0.15) is 0 Å². The van der Waals surface area contributed by atoms with Gasteiger partial charge in [0.15, 0.2) is 0 Å². The lowest BCUT2D eigenvalue weighted by Gasteiger charge is -2.26. The molecule has 17 heavy (non-hydrogen) atoms. The van der Waals surface area contributed by atoms with Crippen LogP contribution in [-0.2, 0) is 10.8 Å². The molecule has 0 bridgehead atoms. The van der Waals surface area contributed by atoms with Gasteiger partial charge in [-0.15, -0.1) is 0 Å². The van der Waals surface area contributed by atoms with Gasteiger partial charge in [0.2, 0.25) is 0 Å². The van der Waals surface area contributed by atoms with Gasteiger partial charge in [-0.1, -0.05) is 33.8 Å². The fourth-order valence-electron chi connectivity index (χ4n) is 2.74. The van der Waals surface area contributed by atoms with Crippen LogP contribution in [0.25, 0.3) is 0 Å². The summed E-state index contributed by atoms with van der Waals surface area (Å²) in [5.74, 6) is 0.000509. The molecule has 0 saturated heterocycles. The Labute approximate surface area is 104 Å². The van der Waals surface area contributed by atoms with Gasteiger partial charge in [0.05, 0.1) is 0 Å². The number of halogens is 1. The Kier molecular flexibility index (Phi) is 2.65. The van der Waals surface area contributed by atoms with Crippen LogP contribution in [0.2, 0.25) is 0 Å². The van der Waals surface area contributed by atoms with Crippen molar-refractivity contribution in [1.29, 1.82) is 0 Å². The molecule has 1 aliphatic carbocycles. The van der Waals surface area contributed by atoms with Gasteiger partial charge >= 0.3 is 0 Å². The van der Waals surface area contributed by atoms with Gasteiger partial charge in [-0.05, 0) is 59.8 Å². The van der Waals surface area contributed by atoms with Crippen LogP contribution >= 0.6 is 0 Å². The highest BCUT2D eigenvalue weighted by atomic mass is 19.1. The van der Waals surface area contributed by atoms with Crippen LogP contribution in [0.3, 0.4) is 0 Å². The standard InChI is InChI=1S/C16H23F/c1-10-12(15(3,4)5)9-13(11(2)14(10)17)16(6)7-8-16/h9H,7-8H2,1-6H3. The minimum absolute atomic E-state index is 0.000509. The number of hydrogen-bond acceptors (Lipinski definition) is 0. The van der Waals surface area contributed by atoms with Gasteiger partial charge in [0.25, 0.3) is 0 Å². The summed E-state index contributed by atoms with van der Waals surface area (Å²) >= 11 is 0. The van der Waals surface area contributed by atoms with E-state index in [4.69, 9.17) is 0 Å². The van der Waals surface area contributed by atoms with Gasteiger partial charge in [-0.25, -0.2) is 4.39 Å². The molecule has 94 valence electrons. The molecule has 0 radical (unpaired) electrons. The van der Waals surface area contributed by atoms with E-state index in [0.717, 1.165) is 16.7 Å². The first-order chi connectivity index (χ1) is 7.67. The SMILES string of the molecule is Cc1c(C(C)(C)C)cc(C2(C)CC2)c(C)c1F. The number of benzene rings is 1. The van der Waals surface area contributed by atoms with Gasteiger partial charge in [0.1, 0.15) is 5.82 Å². The minimum atomic E-state index is 0.000509. The summed E-state index contributed by atoms with van der Waals surface area (Å²) in [6, 6.07) is 2.25. The lowest BCUT2D eigenvalue weighted by Crippen LogP contribution is -2.17. The maximum atomic E-state index is 14.3. The third-order valence-corrected chi connectivity index (χ3v) is 4.21. The average Bonchev–Trinajstić information content (AvgIpc) is 2.92. The van der Waals surface area contributed by atoms with Crippen LogP contribution in [0.1, 0.15) is 62.8 Å². The lowest BCUT2D eigenvalue weighted by atomic mass is 9.79. The topological polar surface area (TPSA) is 0 Å². The van der Waals surface area contributed by atoms with Crippen molar-refractivity contribution in [2.75, 3.05) is 0 Å². The summed E-state index contributed by atoms with van der Waals surface area (Å²) in [6.07, 6.45) is 2.39. The van der Waals surface area contributed by atoms with E-state index in [0.29, 0.717) is 0 Å². The molecule has 0 unspecified atom stereocenters. The van der Waals surface area contributed by atoms with Gasteiger partial charge in [-0.3, -0.25) is 0 Å². The zero-order valence-corrected chi connectivity index (χ0v) is 11.9. The predicted octanol–water partition coefficient (Wildman–Crippen LogP) is 4.79. The predicted molar refractivity (Wildman–Crippen MR) is 71.2 cm³/mol. The van der Waals surface area contributed by atoms with E-state index >= 15 is 0 Å². The fourth-order valence-corrected chi connectivity index (χ4v) is 2.74. The second-order valence-electron chi connectivity index (χ2n) is 6.85. The normalized spacial score (nSPS) is 18.3. The molecule has 1 aromatic carbocycles. The van der Waals surface area contributed by atoms with Crippen molar-refractivity contribution in [1.82, 2.24) is 0 Å². The summed E-state index contributed by atoms with van der Waals surface area (Å²) in [5.41, 5.74) is 4.31. The first-order valence-corrected chi connectivity index (χ1v) is 6.47. The van der Waals surface area contributed by atoms with E-state index in [9.17, 15) is 4.39 Å². The van der Waals surface area contributed by atoms with Crippen LogP contribution in [0.5, 0.6) is 0 Å². The van der Waals surface area contributed by atoms with Crippen molar-refractivity contribution in [2.24, 2.45) is 0 Å². The highest BCUT2D eigenvalue weighted by molar-refractivity contribution is 5.47. The third-order valence-electron chi connectivity index (χ3n) is 4.21. The molecule has 1 heteroatoms. The fraction of sp³-hybridized carbons (Fsp3) is 0.625. The second kappa shape index (κ2) is 3.57. The molecule has 1 aliphatic rings. The van der Waals surface area contributed by atoms with Crippen molar-refractivity contribution >= 4 is 0 Å². The third kappa shape index (κ3) is 2.00. The first kappa shape index (κ1) is 12.6. The van der Waals surface area contributed by atoms with E-state index in [2.05, 4.69) is 33.8 Å². The van der Waals surface area contributed by atoms with Crippen molar-refractivity contribution in [3.05, 3.63) is 34.1 Å². The van der Waals surface area contributed by atoms with E-state index in [1.165, 1.54) is 18.4 Å². The highest BCUT2D eigenvalue weighted by Crippen LogP contribution is 2.50. The molecule has 0 heterocycles. The molecule has 0 N–H and O–H groups in total. The Morgan fingerprint density at radius 3 is 2.06 bits per heavy atom. The zero-order chi connectivity index (χ0) is 13.0. The van der Waals surface area contributed by atoms with Crippen molar-refractivity contribution in [3.8, 4) is 0 Å². The van der Waals surface area contributed by atoms with Crippen LogP contribution in [-0.4, -0.2) is 0 Å². The summed E-state index contributed by atoms with van der Waals surface area (Å²) < 4.78 is 14.3. The molecule has 1 saturated carbocycles. The molecule has 0 spiro atoms. The summed E-state index contributed by atoms with van der Waals surface area (Å²) in [6.45, 7) is 12.5. The van der Waals surface area contributed by atoms with E-state index in [1.807, 2.05) is 13.8 Å². The molecule has 1 fully saturated rings. The monoisotopic (exact) mass is 234 g/mol. The second-order valence-corrected chi connectivity index (χ2v) is 6.85. The molecule has 0 nitrogen and oxygen atoms in total. The number of rotatable bonds is 1. The molecule has 0 aromatic heterocycles. The molecule has 0 aliphatic heterocycles. The van der Waals surface area contributed by atoms with Crippen molar-refractivity contribution < 1.29 is 4.39 Å². The number of hydrogen-bond donors (Lipinski definition) is 0. The van der Waals surface area contributed by atoms with E-state index < -0.39 is 0 Å². The largest absolute Gasteiger partial charge is 0.206 e. The first-order valence-electron chi connectivity index (χ1n) is 6.47. The molecular weight excluding hydrogens is 211 g/mol. The minimum Gasteiger partial charge on any atom is -0.206 e. The smallest absolute Gasteiger partial charge is 0.129 e.